The number of hydrogen-bond acceptors (Lipinski definition) is 3. The highest BCUT2D eigenvalue weighted by atomic mass is 32.2. The smallest absolute Gasteiger partial charge is 0.168 e. The monoisotopic (exact) mass is 204 g/mol. The number of fused-ring (bicyclic) bond motifs is 3. The second-order valence-corrected chi connectivity index (χ2v) is 4.77. The zero-order chi connectivity index (χ0) is 9.71. The van der Waals surface area contributed by atoms with E-state index in [1.165, 1.54) is 26.9 Å². The van der Waals surface area contributed by atoms with Crippen LogP contribution < -0.4 is 4.90 Å². The van der Waals surface area contributed by atoms with E-state index in [1.807, 2.05) is 11.8 Å². The van der Waals surface area contributed by atoms with Gasteiger partial charge in [-0.15, -0.1) is 0 Å². The first-order chi connectivity index (χ1) is 6.77. The minimum Gasteiger partial charge on any atom is -0.318 e. The molecule has 0 unspecified atom stereocenters. The molecule has 0 saturated heterocycles. The highest BCUT2D eigenvalue weighted by molar-refractivity contribution is 8.14. The summed E-state index contributed by atoms with van der Waals surface area (Å²) in [4.78, 5) is 8.26. The lowest BCUT2D eigenvalue weighted by Crippen LogP contribution is -2.21. The van der Waals surface area contributed by atoms with E-state index in [1.54, 1.807) is 0 Å². The predicted molar refractivity (Wildman–Crippen MR) is 61.4 cm³/mol. The SMILES string of the molecule is Cc1ccc(C)c2c1SC1=NCCN12. The molecule has 0 aliphatic carbocycles. The van der Waals surface area contributed by atoms with Crippen LogP contribution in [0.25, 0.3) is 0 Å². The molecule has 0 fully saturated rings. The Hall–Kier alpha value is -0.960. The van der Waals surface area contributed by atoms with Crippen molar-refractivity contribution in [1.29, 1.82) is 0 Å². The Morgan fingerprint density at radius 3 is 2.93 bits per heavy atom. The molecule has 3 rings (SSSR count). The van der Waals surface area contributed by atoms with Gasteiger partial charge >= 0.3 is 0 Å². The second kappa shape index (κ2) is 2.76. The summed E-state index contributed by atoms with van der Waals surface area (Å²) in [6.07, 6.45) is 0. The number of amidine groups is 1. The van der Waals surface area contributed by atoms with E-state index in [0.29, 0.717) is 0 Å². The normalized spacial score (nSPS) is 18.1. The summed E-state index contributed by atoms with van der Waals surface area (Å²) in [6, 6.07) is 4.40. The number of aliphatic imine (C=N–C) groups is 1. The van der Waals surface area contributed by atoms with Crippen LogP contribution in [0.1, 0.15) is 11.1 Å². The third-order valence-corrected chi connectivity index (χ3v) is 4.05. The molecule has 0 aromatic heterocycles. The zero-order valence-electron chi connectivity index (χ0n) is 8.37. The van der Waals surface area contributed by atoms with E-state index in [2.05, 4.69) is 35.9 Å². The van der Waals surface area contributed by atoms with E-state index in [0.717, 1.165) is 13.1 Å². The van der Waals surface area contributed by atoms with E-state index >= 15 is 0 Å². The molecule has 1 aromatic rings. The number of hydrogen-bond donors (Lipinski definition) is 0. The van der Waals surface area contributed by atoms with Gasteiger partial charge in [0.2, 0.25) is 0 Å². The van der Waals surface area contributed by atoms with Gasteiger partial charge in [0, 0.05) is 11.4 Å². The van der Waals surface area contributed by atoms with Gasteiger partial charge < -0.3 is 4.90 Å². The van der Waals surface area contributed by atoms with E-state index in [4.69, 9.17) is 0 Å². The molecule has 0 bridgehead atoms. The minimum atomic E-state index is 0.954. The number of aryl methyl sites for hydroxylation is 2. The molecule has 0 saturated carbocycles. The third kappa shape index (κ3) is 0.960. The van der Waals surface area contributed by atoms with Crippen molar-refractivity contribution in [2.45, 2.75) is 18.7 Å². The van der Waals surface area contributed by atoms with Crippen LogP contribution in [0, 0.1) is 13.8 Å². The van der Waals surface area contributed by atoms with Crippen LogP contribution in [0.4, 0.5) is 5.69 Å². The number of benzene rings is 1. The first kappa shape index (κ1) is 8.36. The van der Waals surface area contributed by atoms with Crippen LogP contribution in [-0.4, -0.2) is 18.3 Å². The van der Waals surface area contributed by atoms with Crippen LogP contribution in [0.2, 0.25) is 0 Å². The van der Waals surface area contributed by atoms with Crippen LogP contribution in [0.3, 0.4) is 0 Å². The summed E-state index contributed by atoms with van der Waals surface area (Å²) in [7, 11) is 0. The molecule has 14 heavy (non-hydrogen) atoms. The van der Waals surface area contributed by atoms with E-state index in [-0.39, 0.29) is 0 Å². The minimum absolute atomic E-state index is 0.954. The fourth-order valence-corrected chi connectivity index (χ4v) is 3.28. The predicted octanol–water partition coefficient (Wildman–Crippen LogP) is 2.59. The summed E-state index contributed by atoms with van der Waals surface area (Å²) < 4.78 is 0. The maximum Gasteiger partial charge on any atom is 0.168 e. The molecular weight excluding hydrogens is 192 g/mol. The van der Waals surface area contributed by atoms with Gasteiger partial charge in [0.25, 0.3) is 0 Å². The third-order valence-electron chi connectivity index (χ3n) is 2.79. The maximum absolute atomic E-state index is 4.50. The van der Waals surface area contributed by atoms with Crippen molar-refractivity contribution in [3.8, 4) is 0 Å². The van der Waals surface area contributed by atoms with Crippen molar-refractivity contribution in [2.75, 3.05) is 18.0 Å². The first-order valence-electron chi connectivity index (χ1n) is 4.87. The number of thioether (sulfide) groups is 1. The van der Waals surface area contributed by atoms with Crippen LogP contribution in [-0.2, 0) is 0 Å². The topological polar surface area (TPSA) is 15.6 Å². The molecule has 0 atom stereocenters. The van der Waals surface area contributed by atoms with Gasteiger partial charge in [-0.2, -0.15) is 0 Å². The molecule has 2 aliphatic rings. The first-order valence-corrected chi connectivity index (χ1v) is 5.69. The lowest BCUT2D eigenvalue weighted by Gasteiger charge is -2.15. The van der Waals surface area contributed by atoms with Gasteiger partial charge in [-0.05, 0) is 36.7 Å². The van der Waals surface area contributed by atoms with Crippen molar-refractivity contribution in [2.24, 2.45) is 4.99 Å². The van der Waals surface area contributed by atoms with Gasteiger partial charge in [-0.3, -0.25) is 4.99 Å². The Morgan fingerprint density at radius 1 is 1.29 bits per heavy atom. The fourth-order valence-electron chi connectivity index (χ4n) is 2.05. The lowest BCUT2D eigenvalue weighted by molar-refractivity contribution is 1.00. The molecule has 0 radical (unpaired) electrons. The van der Waals surface area contributed by atoms with Crippen LogP contribution >= 0.6 is 11.8 Å². The maximum atomic E-state index is 4.50. The molecule has 2 heterocycles. The molecule has 1 aromatic carbocycles. The van der Waals surface area contributed by atoms with Gasteiger partial charge in [0.1, 0.15) is 0 Å². The van der Waals surface area contributed by atoms with Gasteiger partial charge in [-0.25, -0.2) is 0 Å². The molecule has 0 spiro atoms. The average molecular weight is 204 g/mol. The Morgan fingerprint density at radius 2 is 2.07 bits per heavy atom. The molecule has 0 amide bonds. The van der Waals surface area contributed by atoms with Crippen LogP contribution in [0.15, 0.2) is 22.0 Å². The largest absolute Gasteiger partial charge is 0.318 e. The van der Waals surface area contributed by atoms with Crippen LogP contribution in [0.5, 0.6) is 0 Å². The summed E-state index contributed by atoms with van der Waals surface area (Å²) in [5.41, 5.74) is 4.13. The Balaban J connectivity index is 2.24. The summed E-state index contributed by atoms with van der Waals surface area (Å²) in [6.45, 7) is 6.36. The van der Waals surface area contributed by atoms with Gasteiger partial charge in [-0.1, -0.05) is 12.1 Å². The molecule has 3 heteroatoms. The highest BCUT2D eigenvalue weighted by Gasteiger charge is 2.31. The van der Waals surface area contributed by atoms with E-state index < -0.39 is 0 Å². The molecule has 2 aliphatic heterocycles. The molecule has 0 N–H and O–H groups in total. The Bertz CT molecular complexity index is 437. The molecule has 2 nitrogen and oxygen atoms in total. The van der Waals surface area contributed by atoms with Gasteiger partial charge in [0.05, 0.1) is 12.2 Å². The Kier molecular flexibility index (Phi) is 1.65. The fraction of sp³-hybridized carbons (Fsp3) is 0.364. The molecule has 72 valence electrons. The quantitative estimate of drug-likeness (QED) is 0.645. The van der Waals surface area contributed by atoms with Crippen molar-refractivity contribution in [3.05, 3.63) is 23.3 Å². The highest BCUT2D eigenvalue weighted by Crippen LogP contribution is 2.45. The molecular formula is C11H12N2S. The summed E-state index contributed by atoms with van der Waals surface area (Å²) in [5, 5.41) is 1.19. The van der Waals surface area contributed by atoms with Crippen molar-refractivity contribution < 1.29 is 0 Å². The van der Waals surface area contributed by atoms with E-state index in [9.17, 15) is 0 Å². The second-order valence-electron chi connectivity index (χ2n) is 3.80. The van der Waals surface area contributed by atoms with Crippen molar-refractivity contribution in [3.63, 3.8) is 0 Å². The Labute approximate surface area is 88.0 Å². The zero-order valence-corrected chi connectivity index (χ0v) is 9.19. The summed E-state index contributed by atoms with van der Waals surface area (Å²) >= 11 is 1.82. The number of rotatable bonds is 0. The van der Waals surface area contributed by atoms with Crippen molar-refractivity contribution >= 4 is 22.6 Å². The summed E-state index contributed by atoms with van der Waals surface area (Å²) in [5.74, 6) is 0. The van der Waals surface area contributed by atoms with Crippen molar-refractivity contribution in [1.82, 2.24) is 0 Å². The lowest BCUT2D eigenvalue weighted by atomic mass is 10.1. The number of nitrogens with zero attached hydrogens (tertiary/aromatic N) is 2. The number of anilines is 1. The standard InChI is InChI=1S/C11H12N2S/c1-7-3-4-8(2)10-9(7)13-6-5-12-11(13)14-10/h3-4H,5-6H2,1-2H3. The van der Waals surface area contributed by atoms with Gasteiger partial charge in [0.15, 0.2) is 5.17 Å². The average Bonchev–Trinajstić information content (AvgIpc) is 2.70.